The van der Waals surface area contributed by atoms with Gasteiger partial charge in [0.2, 0.25) is 15.2 Å². The molecular formula is C16H14ClN3O2S3. The zero-order valence-corrected chi connectivity index (χ0v) is 16.1. The van der Waals surface area contributed by atoms with Crippen LogP contribution in [-0.2, 0) is 21.5 Å². The van der Waals surface area contributed by atoms with Crippen LogP contribution in [0, 0.1) is 0 Å². The molecule has 0 aliphatic rings. The summed E-state index contributed by atoms with van der Waals surface area (Å²) in [5, 5.41) is 8.69. The summed E-state index contributed by atoms with van der Waals surface area (Å²) in [6, 6.07) is 16.7. The fourth-order valence-electron chi connectivity index (χ4n) is 2.04. The predicted octanol–water partition coefficient (Wildman–Crippen LogP) is 4.43. The lowest BCUT2D eigenvalue weighted by Crippen LogP contribution is -2.14. The molecule has 0 aliphatic heterocycles. The van der Waals surface area contributed by atoms with Gasteiger partial charge in [0.25, 0.3) is 0 Å². The van der Waals surface area contributed by atoms with Gasteiger partial charge in [0.05, 0.1) is 5.75 Å². The Hall–Kier alpha value is -1.61. The predicted molar refractivity (Wildman–Crippen MR) is 104 cm³/mol. The maximum absolute atomic E-state index is 12.2. The van der Waals surface area contributed by atoms with E-state index in [0.29, 0.717) is 14.9 Å². The summed E-state index contributed by atoms with van der Waals surface area (Å²) in [5.41, 5.74) is 1.79. The minimum Gasteiger partial charge on any atom is -0.257 e. The molecule has 3 aromatic rings. The van der Waals surface area contributed by atoms with Crippen molar-refractivity contribution in [1.82, 2.24) is 10.2 Å². The zero-order chi connectivity index (χ0) is 17.7. The maximum Gasteiger partial charge on any atom is 0.238 e. The largest absolute Gasteiger partial charge is 0.257 e. The first-order valence-corrected chi connectivity index (χ1v) is 11.1. The average Bonchev–Trinajstić information content (AvgIpc) is 3.00. The third kappa shape index (κ3) is 5.71. The van der Waals surface area contributed by atoms with Crippen LogP contribution in [0.5, 0.6) is 0 Å². The van der Waals surface area contributed by atoms with Crippen molar-refractivity contribution in [2.24, 2.45) is 0 Å². The lowest BCUT2D eigenvalue weighted by atomic mass is 10.2. The Balaban J connectivity index is 1.60. The van der Waals surface area contributed by atoms with Gasteiger partial charge in [-0.2, -0.15) is 0 Å². The van der Waals surface area contributed by atoms with Crippen molar-refractivity contribution in [3.05, 3.63) is 70.7 Å². The quantitative estimate of drug-likeness (QED) is 0.582. The van der Waals surface area contributed by atoms with Gasteiger partial charge >= 0.3 is 0 Å². The Labute approximate surface area is 159 Å². The van der Waals surface area contributed by atoms with Crippen LogP contribution in [0.4, 0.5) is 5.13 Å². The number of halogens is 1. The Bertz CT molecular complexity index is 946. The first kappa shape index (κ1) is 18.2. The van der Waals surface area contributed by atoms with Gasteiger partial charge in [-0.3, -0.25) is 4.72 Å². The summed E-state index contributed by atoms with van der Waals surface area (Å²) in [5.74, 6) is 0.588. The third-order valence-corrected chi connectivity index (χ3v) is 6.73. The molecule has 0 saturated carbocycles. The van der Waals surface area contributed by atoms with Gasteiger partial charge < -0.3 is 0 Å². The van der Waals surface area contributed by atoms with Crippen molar-refractivity contribution in [2.75, 3.05) is 4.72 Å². The average molecular weight is 412 g/mol. The molecule has 0 amide bonds. The molecule has 0 saturated heterocycles. The van der Waals surface area contributed by atoms with Crippen LogP contribution >= 0.6 is 34.7 Å². The summed E-state index contributed by atoms with van der Waals surface area (Å²) in [4.78, 5) is 0. The fraction of sp³-hybridized carbons (Fsp3) is 0.125. The van der Waals surface area contributed by atoms with Crippen LogP contribution in [0.2, 0.25) is 5.02 Å². The van der Waals surface area contributed by atoms with Gasteiger partial charge in [-0.25, -0.2) is 8.42 Å². The fourth-order valence-corrected chi connectivity index (χ4v) is 5.36. The van der Waals surface area contributed by atoms with Crippen LogP contribution < -0.4 is 4.72 Å². The molecule has 9 heteroatoms. The minimum absolute atomic E-state index is 0.167. The second-order valence-electron chi connectivity index (χ2n) is 5.14. The van der Waals surface area contributed by atoms with Crippen LogP contribution in [0.15, 0.2) is 58.9 Å². The lowest BCUT2D eigenvalue weighted by Gasteiger charge is -2.05. The number of anilines is 1. The summed E-state index contributed by atoms with van der Waals surface area (Å²) in [7, 11) is -3.57. The monoisotopic (exact) mass is 411 g/mol. The summed E-state index contributed by atoms with van der Waals surface area (Å²) >= 11 is 8.62. The Kier molecular flexibility index (Phi) is 5.95. The summed E-state index contributed by atoms with van der Waals surface area (Å²) in [6.45, 7) is 0. The number of hydrogen-bond donors (Lipinski definition) is 1. The normalized spacial score (nSPS) is 11.4. The Morgan fingerprint density at radius 3 is 2.56 bits per heavy atom. The molecule has 0 bridgehead atoms. The highest BCUT2D eigenvalue weighted by molar-refractivity contribution is 8.00. The Morgan fingerprint density at radius 2 is 1.80 bits per heavy atom. The highest BCUT2D eigenvalue weighted by atomic mass is 35.5. The van der Waals surface area contributed by atoms with E-state index in [9.17, 15) is 8.42 Å². The van der Waals surface area contributed by atoms with Crippen molar-refractivity contribution < 1.29 is 8.42 Å². The summed E-state index contributed by atoms with van der Waals surface area (Å²) < 4.78 is 27.7. The molecule has 25 heavy (non-hydrogen) atoms. The van der Waals surface area contributed by atoms with Gasteiger partial charge in [0.15, 0.2) is 4.34 Å². The van der Waals surface area contributed by atoms with Crippen LogP contribution in [0.25, 0.3) is 0 Å². The van der Waals surface area contributed by atoms with Crippen LogP contribution in [-0.4, -0.2) is 18.6 Å². The first-order chi connectivity index (χ1) is 12.0. The highest BCUT2D eigenvalue weighted by Gasteiger charge is 2.15. The number of thioether (sulfide) groups is 1. The van der Waals surface area contributed by atoms with Gasteiger partial charge in [-0.1, -0.05) is 77.2 Å². The molecule has 0 unspecified atom stereocenters. The second kappa shape index (κ2) is 8.18. The summed E-state index contributed by atoms with van der Waals surface area (Å²) in [6.07, 6.45) is 0. The van der Waals surface area contributed by atoms with E-state index in [4.69, 9.17) is 11.6 Å². The van der Waals surface area contributed by atoms with E-state index in [2.05, 4.69) is 14.9 Å². The molecule has 3 rings (SSSR count). The van der Waals surface area contributed by atoms with Crippen molar-refractivity contribution in [1.29, 1.82) is 0 Å². The van der Waals surface area contributed by atoms with E-state index >= 15 is 0 Å². The number of benzene rings is 2. The second-order valence-corrected chi connectivity index (χ2v) is 9.50. The molecule has 1 aromatic heterocycles. The van der Waals surface area contributed by atoms with Crippen molar-refractivity contribution in [3.63, 3.8) is 0 Å². The van der Waals surface area contributed by atoms with E-state index in [0.717, 1.165) is 5.75 Å². The van der Waals surface area contributed by atoms with Gasteiger partial charge in [-0.05, 0) is 23.3 Å². The number of nitrogens with one attached hydrogen (secondary N) is 1. The Morgan fingerprint density at radius 1 is 1.04 bits per heavy atom. The SMILES string of the molecule is O=S(=O)(Cc1cccc(Cl)c1)Nc1nnc(SCc2ccccc2)s1. The molecule has 1 heterocycles. The minimum atomic E-state index is -3.57. The maximum atomic E-state index is 12.2. The number of sulfonamides is 1. The van der Waals surface area contributed by atoms with E-state index in [1.54, 1.807) is 24.3 Å². The molecular weight excluding hydrogens is 398 g/mol. The number of aromatic nitrogens is 2. The van der Waals surface area contributed by atoms with E-state index in [1.807, 2.05) is 30.3 Å². The first-order valence-electron chi connectivity index (χ1n) is 7.25. The molecule has 0 aliphatic carbocycles. The van der Waals surface area contributed by atoms with E-state index in [-0.39, 0.29) is 10.9 Å². The smallest absolute Gasteiger partial charge is 0.238 e. The standard InChI is InChI=1S/C16H14ClN3O2S3/c17-14-8-4-7-13(9-14)11-25(21,22)20-15-18-19-16(24-15)23-10-12-5-2-1-3-6-12/h1-9H,10-11H2,(H,18,20). The van der Waals surface area contributed by atoms with Gasteiger partial charge in [-0.15, -0.1) is 10.2 Å². The lowest BCUT2D eigenvalue weighted by molar-refractivity contribution is 0.600. The zero-order valence-electron chi connectivity index (χ0n) is 12.9. The molecule has 2 aromatic carbocycles. The van der Waals surface area contributed by atoms with Gasteiger partial charge in [0, 0.05) is 10.8 Å². The van der Waals surface area contributed by atoms with Crippen molar-refractivity contribution in [3.8, 4) is 0 Å². The van der Waals surface area contributed by atoms with Crippen LogP contribution in [0.3, 0.4) is 0 Å². The van der Waals surface area contributed by atoms with E-state index in [1.165, 1.54) is 28.7 Å². The molecule has 130 valence electrons. The molecule has 0 atom stereocenters. The molecule has 0 radical (unpaired) electrons. The van der Waals surface area contributed by atoms with Crippen LogP contribution in [0.1, 0.15) is 11.1 Å². The van der Waals surface area contributed by atoms with Crippen molar-refractivity contribution in [2.45, 2.75) is 15.8 Å². The molecule has 1 N–H and O–H groups in total. The highest BCUT2D eigenvalue weighted by Crippen LogP contribution is 2.29. The van der Waals surface area contributed by atoms with E-state index < -0.39 is 10.0 Å². The van der Waals surface area contributed by atoms with Crippen molar-refractivity contribution >= 4 is 49.9 Å². The molecule has 5 nitrogen and oxygen atoms in total. The third-order valence-electron chi connectivity index (χ3n) is 3.10. The molecule has 0 fully saturated rings. The van der Waals surface area contributed by atoms with Gasteiger partial charge in [0.1, 0.15) is 0 Å². The topological polar surface area (TPSA) is 72.0 Å². The number of rotatable bonds is 7. The number of nitrogens with zero attached hydrogens (tertiary/aromatic N) is 2. The molecule has 0 spiro atoms. The number of hydrogen-bond acceptors (Lipinski definition) is 6.